The number of oxazole rings is 1. The molecule has 0 amide bonds. The van der Waals surface area contributed by atoms with Crippen molar-refractivity contribution in [2.45, 2.75) is 18.8 Å². The van der Waals surface area contributed by atoms with Crippen molar-refractivity contribution >= 4 is 6.01 Å². The quantitative estimate of drug-likeness (QED) is 0.797. The van der Waals surface area contributed by atoms with Crippen LogP contribution in [0.5, 0.6) is 0 Å². The standard InChI is InChI=1S/C11H19N3O3/c1-12-4-8-7-17-11(13-8)14-5-9(15-2)10(6-14)16-3/h7,9-10,12H,4-6H2,1-3H3. The van der Waals surface area contributed by atoms with E-state index in [2.05, 4.69) is 10.3 Å². The Labute approximate surface area is 101 Å². The highest BCUT2D eigenvalue weighted by atomic mass is 16.5. The van der Waals surface area contributed by atoms with Crippen molar-refractivity contribution < 1.29 is 13.9 Å². The van der Waals surface area contributed by atoms with Gasteiger partial charge in [0.2, 0.25) is 0 Å². The largest absolute Gasteiger partial charge is 0.432 e. The minimum atomic E-state index is 0.0691. The van der Waals surface area contributed by atoms with Crippen molar-refractivity contribution in [3.63, 3.8) is 0 Å². The van der Waals surface area contributed by atoms with E-state index in [1.54, 1.807) is 20.5 Å². The molecule has 2 rings (SSSR count). The third kappa shape index (κ3) is 2.59. The molecule has 1 aliphatic rings. The molecule has 1 fully saturated rings. The molecule has 0 saturated carbocycles. The van der Waals surface area contributed by atoms with Crippen LogP contribution in [0.3, 0.4) is 0 Å². The zero-order valence-corrected chi connectivity index (χ0v) is 10.5. The molecular formula is C11H19N3O3. The third-order valence-corrected chi connectivity index (χ3v) is 2.99. The summed E-state index contributed by atoms with van der Waals surface area (Å²) in [6, 6.07) is 0.636. The molecule has 96 valence electrons. The van der Waals surface area contributed by atoms with Crippen molar-refractivity contribution in [3.8, 4) is 0 Å². The number of rotatable bonds is 5. The third-order valence-electron chi connectivity index (χ3n) is 2.99. The Morgan fingerprint density at radius 1 is 1.41 bits per heavy atom. The van der Waals surface area contributed by atoms with Crippen molar-refractivity contribution in [1.82, 2.24) is 10.3 Å². The number of nitrogens with zero attached hydrogens (tertiary/aromatic N) is 2. The zero-order chi connectivity index (χ0) is 12.3. The van der Waals surface area contributed by atoms with Crippen LogP contribution >= 0.6 is 0 Å². The van der Waals surface area contributed by atoms with Crippen LogP contribution in [-0.2, 0) is 16.0 Å². The molecule has 2 unspecified atom stereocenters. The lowest BCUT2D eigenvalue weighted by Gasteiger charge is -2.13. The molecule has 1 N–H and O–H groups in total. The Morgan fingerprint density at radius 2 is 2.06 bits per heavy atom. The van der Waals surface area contributed by atoms with Gasteiger partial charge in [0.15, 0.2) is 0 Å². The first-order chi connectivity index (χ1) is 8.28. The highest BCUT2D eigenvalue weighted by Gasteiger charge is 2.35. The van der Waals surface area contributed by atoms with Gasteiger partial charge in [-0.3, -0.25) is 0 Å². The molecule has 0 aliphatic carbocycles. The van der Waals surface area contributed by atoms with E-state index in [9.17, 15) is 0 Å². The van der Waals surface area contributed by atoms with Gasteiger partial charge in [-0.1, -0.05) is 0 Å². The van der Waals surface area contributed by atoms with Gasteiger partial charge in [0.25, 0.3) is 6.01 Å². The minimum Gasteiger partial charge on any atom is -0.432 e. The number of methoxy groups -OCH3 is 2. The molecule has 1 saturated heterocycles. The number of hydrogen-bond donors (Lipinski definition) is 1. The van der Waals surface area contributed by atoms with Crippen LogP contribution in [0.25, 0.3) is 0 Å². The summed E-state index contributed by atoms with van der Waals surface area (Å²) >= 11 is 0. The first-order valence-corrected chi connectivity index (χ1v) is 5.68. The maximum absolute atomic E-state index is 5.45. The number of hydrogen-bond acceptors (Lipinski definition) is 6. The molecule has 0 radical (unpaired) electrons. The maximum Gasteiger partial charge on any atom is 0.297 e. The van der Waals surface area contributed by atoms with E-state index in [1.807, 2.05) is 11.9 Å². The molecule has 6 heteroatoms. The molecule has 1 aromatic rings. The van der Waals surface area contributed by atoms with Gasteiger partial charge in [-0.15, -0.1) is 0 Å². The molecule has 0 bridgehead atoms. The zero-order valence-electron chi connectivity index (χ0n) is 10.5. The second kappa shape index (κ2) is 5.48. The van der Waals surface area contributed by atoms with Crippen molar-refractivity contribution in [1.29, 1.82) is 0 Å². The van der Waals surface area contributed by atoms with E-state index in [-0.39, 0.29) is 12.2 Å². The van der Waals surface area contributed by atoms with Crippen molar-refractivity contribution in [2.75, 3.05) is 39.3 Å². The Morgan fingerprint density at radius 3 is 2.59 bits per heavy atom. The van der Waals surface area contributed by atoms with Gasteiger partial charge in [-0.05, 0) is 7.05 Å². The molecule has 17 heavy (non-hydrogen) atoms. The maximum atomic E-state index is 5.45. The lowest BCUT2D eigenvalue weighted by Crippen LogP contribution is -2.27. The predicted molar refractivity (Wildman–Crippen MR) is 63.1 cm³/mol. The summed E-state index contributed by atoms with van der Waals surface area (Å²) in [6.07, 6.45) is 1.81. The van der Waals surface area contributed by atoms with Gasteiger partial charge in [0.1, 0.15) is 18.5 Å². The molecule has 0 spiro atoms. The van der Waals surface area contributed by atoms with E-state index < -0.39 is 0 Å². The van der Waals surface area contributed by atoms with E-state index in [1.165, 1.54) is 0 Å². The highest BCUT2D eigenvalue weighted by Crippen LogP contribution is 2.22. The van der Waals surface area contributed by atoms with Crippen LogP contribution in [0.2, 0.25) is 0 Å². The van der Waals surface area contributed by atoms with Gasteiger partial charge in [-0.2, -0.15) is 4.98 Å². The summed E-state index contributed by atoms with van der Waals surface area (Å²) in [5.74, 6) is 0. The molecule has 1 aliphatic heterocycles. The number of nitrogens with one attached hydrogen (secondary N) is 1. The molecule has 2 heterocycles. The van der Waals surface area contributed by atoms with E-state index in [0.29, 0.717) is 12.6 Å². The van der Waals surface area contributed by atoms with Crippen LogP contribution in [0.15, 0.2) is 10.7 Å². The Balaban J connectivity index is 2.02. The number of ether oxygens (including phenoxy) is 2. The molecular weight excluding hydrogens is 222 g/mol. The van der Waals surface area contributed by atoms with Gasteiger partial charge < -0.3 is 24.1 Å². The highest BCUT2D eigenvalue weighted by molar-refractivity contribution is 5.30. The normalized spacial score (nSPS) is 24.5. The molecule has 6 nitrogen and oxygen atoms in total. The van der Waals surface area contributed by atoms with E-state index in [4.69, 9.17) is 13.9 Å². The van der Waals surface area contributed by atoms with Gasteiger partial charge in [0.05, 0.1) is 18.8 Å². The van der Waals surface area contributed by atoms with Crippen LogP contribution in [0.1, 0.15) is 5.69 Å². The predicted octanol–water partition coefficient (Wildman–Crippen LogP) is 0.244. The second-order valence-corrected chi connectivity index (χ2v) is 4.11. The van der Waals surface area contributed by atoms with Gasteiger partial charge >= 0.3 is 0 Å². The topological polar surface area (TPSA) is 59.8 Å². The fourth-order valence-corrected chi connectivity index (χ4v) is 2.06. The SMILES string of the molecule is CNCc1coc(N2CC(OC)C(OC)C2)n1. The first-order valence-electron chi connectivity index (χ1n) is 5.68. The van der Waals surface area contributed by atoms with Gasteiger partial charge in [-0.25, -0.2) is 0 Å². The summed E-state index contributed by atoms with van der Waals surface area (Å²) in [5, 5.41) is 3.04. The average Bonchev–Trinajstić information content (AvgIpc) is 2.94. The number of aromatic nitrogens is 1. The summed E-state index contributed by atoms with van der Waals surface area (Å²) < 4.78 is 16.2. The lowest BCUT2D eigenvalue weighted by atomic mass is 10.3. The summed E-state index contributed by atoms with van der Waals surface area (Å²) in [5.41, 5.74) is 0.900. The Hall–Kier alpha value is -1.11. The van der Waals surface area contributed by atoms with Crippen LogP contribution in [-0.4, -0.2) is 51.5 Å². The average molecular weight is 241 g/mol. The summed E-state index contributed by atoms with van der Waals surface area (Å²) in [7, 11) is 5.27. The second-order valence-electron chi connectivity index (χ2n) is 4.11. The van der Waals surface area contributed by atoms with E-state index >= 15 is 0 Å². The summed E-state index contributed by atoms with van der Waals surface area (Å²) in [4.78, 5) is 6.45. The monoisotopic (exact) mass is 241 g/mol. The lowest BCUT2D eigenvalue weighted by molar-refractivity contribution is -0.00461. The van der Waals surface area contributed by atoms with Crippen LogP contribution in [0, 0.1) is 0 Å². The fourth-order valence-electron chi connectivity index (χ4n) is 2.06. The molecule has 2 atom stereocenters. The molecule has 0 aromatic carbocycles. The fraction of sp³-hybridized carbons (Fsp3) is 0.727. The van der Waals surface area contributed by atoms with Crippen molar-refractivity contribution in [2.24, 2.45) is 0 Å². The van der Waals surface area contributed by atoms with Crippen LogP contribution < -0.4 is 10.2 Å². The van der Waals surface area contributed by atoms with Crippen molar-refractivity contribution in [3.05, 3.63) is 12.0 Å². The first kappa shape index (κ1) is 12.3. The minimum absolute atomic E-state index is 0.0691. The molecule has 1 aromatic heterocycles. The smallest absolute Gasteiger partial charge is 0.297 e. The summed E-state index contributed by atoms with van der Waals surface area (Å²) in [6.45, 7) is 2.20. The number of anilines is 1. The van der Waals surface area contributed by atoms with Gasteiger partial charge in [0, 0.05) is 20.8 Å². The Bertz CT molecular complexity index is 343. The Kier molecular flexibility index (Phi) is 3.98. The van der Waals surface area contributed by atoms with E-state index in [0.717, 1.165) is 18.8 Å². The van der Waals surface area contributed by atoms with Crippen LogP contribution in [0.4, 0.5) is 6.01 Å².